The van der Waals surface area contributed by atoms with Crippen LogP contribution in [0, 0.1) is 12.8 Å². The van der Waals surface area contributed by atoms with Crippen LogP contribution in [0.15, 0.2) is 78.5 Å². The summed E-state index contributed by atoms with van der Waals surface area (Å²) in [6.07, 6.45) is -5.62. The van der Waals surface area contributed by atoms with Crippen LogP contribution < -0.4 is 14.8 Å². The predicted molar refractivity (Wildman–Crippen MR) is 226 cm³/mol. The number of nitrogens with one attached hydrogen (secondary N) is 1. The first-order valence-corrected chi connectivity index (χ1v) is 20.7. The van der Waals surface area contributed by atoms with Crippen molar-refractivity contribution in [1.82, 2.24) is 5.32 Å². The summed E-state index contributed by atoms with van der Waals surface area (Å²) in [5.41, 5.74) is -7.96. The monoisotopic (exact) mass is 893 g/mol. The predicted octanol–water partition coefficient (Wildman–Crippen LogP) is 2.80. The Bertz CT molecular complexity index is 2640. The molecule has 0 aromatic heterocycles. The van der Waals surface area contributed by atoms with Crippen molar-refractivity contribution in [2.75, 3.05) is 27.9 Å². The number of phenolic OH excluding ortho intramolecular Hbond substituents is 1. The minimum Gasteiger partial charge on any atom is -0.506 e. The molecule has 0 saturated carbocycles. The number of Topliss-reactive ketones (excluding diaryl/α,β-unsaturated/α-hetero) is 3. The highest BCUT2D eigenvalue weighted by Gasteiger charge is 2.73. The standard InChI is InChI=1S/C48H47NO16/c1-22-15-26-16-33(52)48(62-5)44(57)36-29(17-28-35(40(36)55)32(51)18-31(38(28)53)49-45-30(19-50)39(54)41(60-3)23(2)65-45)43(56)47(48,59)37(26)42(34(22)46(58)61-4)64-21-25-11-13-27(14-12-25)63-20-24-9-7-6-8-10-24/h6-15,17-18,23,30,33,39,41,45,49-50,52,54-55,59H,16,19-21H2,1-5H3/t23-,30+,33+,39-,41-,45-,47-,48+/m0/s1. The van der Waals surface area contributed by atoms with E-state index in [1.54, 1.807) is 38.1 Å². The lowest BCUT2D eigenvalue weighted by Gasteiger charge is -2.53. The number of hydrogen-bond acceptors (Lipinski definition) is 17. The average molecular weight is 894 g/mol. The van der Waals surface area contributed by atoms with Gasteiger partial charge < -0.3 is 59.3 Å². The summed E-state index contributed by atoms with van der Waals surface area (Å²) in [4.78, 5) is 71.9. The SMILES string of the molecule is COC(=O)c1c(C)cc2c(c1OCc1ccc(OCc3ccccc3)cc1)[C@]1(O)C(=O)c3cc4c(c(O)c3C(=O)[C@]1(OC)[C@H](O)C2)C(=O)C=C(N[C@H]1O[C@@H](C)[C@H](OC)[C@@H](O)[C@H]1CO)C4=O. The molecule has 0 unspecified atom stereocenters. The zero-order valence-electron chi connectivity index (χ0n) is 35.9. The van der Waals surface area contributed by atoms with E-state index < -0.39 is 129 Å². The number of esters is 1. The van der Waals surface area contributed by atoms with E-state index in [1.807, 2.05) is 30.3 Å². The van der Waals surface area contributed by atoms with Gasteiger partial charge in [-0.3, -0.25) is 19.2 Å². The minimum absolute atomic E-state index is 0.1000. The number of hydrogen-bond donors (Lipinski definition) is 6. The fourth-order valence-corrected chi connectivity index (χ4v) is 9.59. The van der Waals surface area contributed by atoms with Crippen LogP contribution in [0.5, 0.6) is 17.2 Å². The number of fused-ring (bicyclic) bond motifs is 5. The Labute approximate surface area is 372 Å². The number of benzene rings is 4. The highest BCUT2D eigenvalue weighted by Crippen LogP contribution is 2.57. The largest absolute Gasteiger partial charge is 0.506 e. The molecule has 0 bridgehead atoms. The highest BCUT2D eigenvalue weighted by atomic mass is 16.6. The first-order chi connectivity index (χ1) is 31.1. The Morgan fingerprint density at radius 1 is 0.892 bits per heavy atom. The smallest absolute Gasteiger partial charge is 0.341 e. The van der Waals surface area contributed by atoms with Crippen molar-refractivity contribution in [3.63, 3.8) is 0 Å². The number of aryl methyl sites for hydroxylation is 1. The van der Waals surface area contributed by atoms with E-state index >= 15 is 4.79 Å². The number of ketones is 4. The zero-order valence-corrected chi connectivity index (χ0v) is 35.9. The summed E-state index contributed by atoms with van der Waals surface area (Å²) in [6.45, 7) is 2.60. The normalized spacial score (nSPS) is 26.9. The van der Waals surface area contributed by atoms with Crippen LogP contribution >= 0.6 is 0 Å². The van der Waals surface area contributed by atoms with Crippen molar-refractivity contribution >= 4 is 29.1 Å². The van der Waals surface area contributed by atoms with Crippen molar-refractivity contribution in [3.8, 4) is 17.2 Å². The summed E-state index contributed by atoms with van der Waals surface area (Å²) >= 11 is 0. The summed E-state index contributed by atoms with van der Waals surface area (Å²) in [6, 6.07) is 18.7. The number of aliphatic hydroxyl groups excluding tert-OH is 3. The van der Waals surface area contributed by atoms with Crippen LogP contribution in [-0.4, -0.2) is 119 Å². The molecule has 6 N–H and O–H groups in total. The van der Waals surface area contributed by atoms with E-state index in [0.29, 0.717) is 17.9 Å². The lowest BCUT2D eigenvalue weighted by Crippen LogP contribution is -2.73. The van der Waals surface area contributed by atoms with Gasteiger partial charge in [0.1, 0.15) is 48.4 Å². The number of aliphatic hydroxyl groups is 4. The maximum atomic E-state index is 15.3. The van der Waals surface area contributed by atoms with Crippen LogP contribution in [0.3, 0.4) is 0 Å². The molecule has 0 amide bonds. The second-order valence-electron chi connectivity index (χ2n) is 16.4. The molecule has 0 spiro atoms. The molecular formula is C48H47NO16. The second kappa shape index (κ2) is 17.2. The number of rotatable bonds is 12. The lowest BCUT2D eigenvalue weighted by atomic mass is 9.56. The molecule has 17 heteroatoms. The van der Waals surface area contributed by atoms with Gasteiger partial charge in [0.25, 0.3) is 0 Å². The van der Waals surface area contributed by atoms with Gasteiger partial charge in [0.05, 0.1) is 54.8 Å². The minimum atomic E-state index is -3.21. The Hall–Kier alpha value is -6.31. The van der Waals surface area contributed by atoms with Crippen LogP contribution in [0.4, 0.5) is 0 Å². The van der Waals surface area contributed by atoms with Gasteiger partial charge in [-0.25, -0.2) is 4.79 Å². The fraction of sp³-hybridized carbons (Fsp3) is 0.354. The van der Waals surface area contributed by atoms with E-state index in [9.17, 15) is 44.7 Å². The van der Waals surface area contributed by atoms with Gasteiger partial charge in [-0.2, -0.15) is 0 Å². The third-order valence-electron chi connectivity index (χ3n) is 12.8. The lowest BCUT2D eigenvalue weighted by molar-refractivity contribution is -0.214. The van der Waals surface area contributed by atoms with Crippen LogP contribution in [0.25, 0.3) is 0 Å². The second-order valence-corrected chi connectivity index (χ2v) is 16.4. The molecule has 0 radical (unpaired) electrons. The topological polar surface area (TPSA) is 254 Å². The van der Waals surface area contributed by atoms with E-state index in [0.717, 1.165) is 31.9 Å². The van der Waals surface area contributed by atoms with Gasteiger partial charge in [0.15, 0.2) is 17.0 Å². The molecule has 65 heavy (non-hydrogen) atoms. The molecule has 8 rings (SSSR count). The first kappa shape index (κ1) is 45.3. The highest BCUT2D eigenvalue weighted by molar-refractivity contribution is 6.31. The van der Waals surface area contributed by atoms with E-state index in [-0.39, 0.29) is 29.0 Å². The number of aromatic hydroxyl groups is 1. The van der Waals surface area contributed by atoms with Crippen molar-refractivity contribution in [3.05, 3.63) is 134 Å². The fourth-order valence-electron chi connectivity index (χ4n) is 9.59. The Balaban J connectivity index is 1.21. The van der Waals surface area contributed by atoms with Crippen LogP contribution in [-0.2, 0) is 44.2 Å². The maximum Gasteiger partial charge on any atom is 0.341 e. The molecule has 8 atom stereocenters. The molecule has 17 nitrogen and oxygen atoms in total. The molecule has 4 aromatic carbocycles. The third kappa shape index (κ3) is 7.02. The van der Waals surface area contributed by atoms with Crippen molar-refractivity contribution in [2.45, 2.75) is 75.3 Å². The van der Waals surface area contributed by atoms with E-state index in [2.05, 4.69) is 5.32 Å². The summed E-state index contributed by atoms with van der Waals surface area (Å²) in [7, 11) is 3.44. The molecule has 4 aromatic rings. The molecule has 4 aliphatic rings. The Morgan fingerprint density at radius 2 is 1.57 bits per heavy atom. The van der Waals surface area contributed by atoms with Gasteiger partial charge in [-0.05, 0) is 54.3 Å². The molecule has 1 heterocycles. The number of phenols is 1. The van der Waals surface area contributed by atoms with E-state index in [1.165, 1.54) is 13.2 Å². The zero-order chi connectivity index (χ0) is 46.7. The molecule has 1 aliphatic heterocycles. The summed E-state index contributed by atoms with van der Waals surface area (Å²) in [5.74, 6) is -7.46. The number of carbonyl (C=O) groups excluding carboxylic acids is 5. The first-order valence-electron chi connectivity index (χ1n) is 20.7. The number of allylic oxidation sites excluding steroid dienone is 2. The average Bonchev–Trinajstić information content (AvgIpc) is 3.28. The van der Waals surface area contributed by atoms with Crippen molar-refractivity contribution in [1.29, 1.82) is 0 Å². The summed E-state index contributed by atoms with van der Waals surface area (Å²) < 4.78 is 34.4. The van der Waals surface area contributed by atoms with Crippen molar-refractivity contribution in [2.24, 2.45) is 5.92 Å². The quantitative estimate of drug-likeness (QED) is 0.112. The van der Waals surface area contributed by atoms with Gasteiger partial charge in [0.2, 0.25) is 17.3 Å². The number of ether oxygens (including phenoxy) is 6. The molecule has 3 aliphatic carbocycles. The van der Waals surface area contributed by atoms with Gasteiger partial charge in [-0.15, -0.1) is 0 Å². The number of methoxy groups -OCH3 is 3. The van der Waals surface area contributed by atoms with Gasteiger partial charge >= 0.3 is 5.97 Å². The van der Waals surface area contributed by atoms with Crippen molar-refractivity contribution < 1.29 is 77.9 Å². The van der Waals surface area contributed by atoms with Gasteiger partial charge in [-0.1, -0.05) is 48.5 Å². The molecular weight excluding hydrogens is 847 g/mol. The Morgan fingerprint density at radius 3 is 2.22 bits per heavy atom. The van der Waals surface area contributed by atoms with Gasteiger partial charge in [0, 0.05) is 43.4 Å². The van der Waals surface area contributed by atoms with Crippen LogP contribution in [0.1, 0.15) is 86.5 Å². The molecule has 340 valence electrons. The molecule has 1 saturated heterocycles. The third-order valence-corrected chi connectivity index (χ3v) is 12.8. The summed E-state index contributed by atoms with van der Waals surface area (Å²) in [5, 5.41) is 60.7. The maximum absolute atomic E-state index is 15.3. The van der Waals surface area contributed by atoms with Crippen LogP contribution in [0.2, 0.25) is 0 Å². The molecule has 1 fully saturated rings. The van der Waals surface area contributed by atoms with E-state index in [4.69, 9.17) is 28.4 Å². The number of carbonyl (C=O) groups is 5. The Kier molecular flexibility index (Phi) is 12.0.